The largest absolute Gasteiger partial charge is 0.356 e. The number of hydrogen-bond acceptors (Lipinski definition) is 4. The maximum Gasteiger partial charge on any atom is 0.253 e. The van der Waals surface area contributed by atoms with Gasteiger partial charge in [-0.2, -0.15) is 0 Å². The fourth-order valence-electron chi connectivity index (χ4n) is 2.14. The first kappa shape index (κ1) is 19.6. The van der Waals surface area contributed by atoms with Gasteiger partial charge in [-0.25, -0.2) is 0 Å². The summed E-state index contributed by atoms with van der Waals surface area (Å²) in [6, 6.07) is 6.87. The number of amides is 3. The second-order valence-electron chi connectivity index (χ2n) is 5.43. The fraction of sp³-hybridized carbons (Fsp3) is 0.471. The minimum atomic E-state index is -0.258. The molecule has 7 nitrogen and oxygen atoms in total. The Morgan fingerprint density at radius 2 is 1.75 bits per heavy atom. The molecule has 0 radical (unpaired) electrons. The van der Waals surface area contributed by atoms with E-state index in [0.29, 0.717) is 37.3 Å². The first-order chi connectivity index (χ1) is 11.5. The Bertz CT molecular complexity index is 561. The number of nitrogens with one attached hydrogen (secondary N) is 3. The van der Waals surface area contributed by atoms with E-state index in [1.54, 1.807) is 24.3 Å². The molecule has 7 heteroatoms. The average molecular weight is 334 g/mol. The molecule has 3 amide bonds. The van der Waals surface area contributed by atoms with E-state index in [1.165, 1.54) is 6.92 Å². The number of carbonyl (C=O) groups excluding carboxylic acids is 3. The van der Waals surface area contributed by atoms with Gasteiger partial charge in [-0.05, 0) is 25.0 Å². The van der Waals surface area contributed by atoms with Gasteiger partial charge in [-0.1, -0.05) is 18.6 Å². The lowest BCUT2D eigenvalue weighted by atomic mass is 10.1. The van der Waals surface area contributed by atoms with E-state index in [9.17, 15) is 14.4 Å². The summed E-state index contributed by atoms with van der Waals surface area (Å²) in [6.45, 7) is 2.85. The number of para-hydroxylation sites is 1. The van der Waals surface area contributed by atoms with Crippen molar-refractivity contribution in [2.24, 2.45) is 5.73 Å². The highest BCUT2D eigenvalue weighted by Gasteiger charge is 2.12. The Morgan fingerprint density at radius 3 is 2.46 bits per heavy atom. The predicted molar refractivity (Wildman–Crippen MR) is 93.6 cm³/mol. The molecule has 0 atom stereocenters. The first-order valence-corrected chi connectivity index (χ1v) is 8.16. The van der Waals surface area contributed by atoms with Crippen LogP contribution in [-0.4, -0.2) is 37.4 Å². The molecule has 1 aromatic rings. The highest BCUT2D eigenvalue weighted by molar-refractivity contribution is 6.03. The molecule has 0 saturated carbocycles. The zero-order chi connectivity index (χ0) is 17.8. The van der Waals surface area contributed by atoms with Crippen LogP contribution in [0.3, 0.4) is 0 Å². The Kier molecular flexibility index (Phi) is 9.14. The third kappa shape index (κ3) is 7.73. The average Bonchev–Trinajstić information content (AvgIpc) is 2.56. The normalized spacial score (nSPS) is 10.1. The standard InChI is InChI=1S/C17H26N4O3/c1-13(22)19-11-6-2-3-9-16(23)21-15-8-5-4-7-14(15)17(24)20-12-10-18/h4-5,7-8H,2-3,6,9-12,18H2,1H3,(H,19,22)(H,20,24)(H,21,23). The third-order valence-corrected chi connectivity index (χ3v) is 3.33. The minimum Gasteiger partial charge on any atom is -0.356 e. The summed E-state index contributed by atoms with van der Waals surface area (Å²) in [6.07, 6.45) is 2.79. The van der Waals surface area contributed by atoms with Gasteiger partial charge in [0.15, 0.2) is 0 Å². The molecule has 0 saturated heterocycles. The summed E-state index contributed by atoms with van der Waals surface area (Å²) < 4.78 is 0. The van der Waals surface area contributed by atoms with Crippen molar-refractivity contribution >= 4 is 23.4 Å². The fourth-order valence-corrected chi connectivity index (χ4v) is 2.14. The van der Waals surface area contributed by atoms with Crippen molar-refractivity contribution in [1.82, 2.24) is 10.6 Å². The molecular weight excluding hydrogens is 308 g/mol. The van der Waals surface area contributed by atoms with Crippen molar-refractivity contribution in [3.8, 4) is 0 Å². The van der Waals surface area contributed by atoms with Crippen molar-refractivity contribution in [2.45, 2.75) is 32.6 Å². The molecule has 0 spiro atoms. The smallest absolute Gasteiger partial charge is 0.253 e. The van der Waals surface area contributed by atoms with Crippen LogP contribution in [0.5, 0.6) is 0 Å². The maximum atomic E-state index is 12.0. The zero-order valence-corrected chi connectivity index (χ0v) is 14.1. The lowest BCUT2D eigenvalue weighted by Gasteiger charge is -2.11. The number of rotatable bonds is 10. The van der Waals surface area contributed by atoms with Crippen LogP contribution >= 0.6 is 0 Å². The minimum absolute atomic E-state index is 0.0442. The molecule has 1 aromatic carbocycles. The topological polar surface area (TPSA) is 113 Å². The molecule has 0 aliphatic carbocycles. The summed E-state index contributed by atoms with van der Waals surface area (Å²) in [5, 5.41) is 8.18. The summed E-state index contributed by atoms with van der Waals surface area (Å²) in [5.41, 5.74) is 6.29. The van der Waals surface area contributed by atoms with Crippen LogP contribution in [0.1, 0.15) is 43.0 Å². The van der Waals surface area contributed by atoms with E-state index in [1.807, 2.05) is 0 Å². The van der Waals surface area contributed by atoms with E-state index >= 15 is 0 Å². The van der Waals surface area contributed by atoms with Crippen molar-refractivity contribution in [3.05, 3.63) is 29.8 Å². The van der Waals surface area contributed by atoms with Crippen molar-refractivity contribution in [2.75, 3.05) is 25.0 Å². The molecule has 0 unspecified atom stereocenters. The molecule has 0 fully saturated rings. The second kappa shape index (κ2) is 11.2. The molecule has 0 aromatic heterocycles. The van der Waals surface area contributed by atoms with Gasteiger partial charge in [0.1, 0.15) is 0 Å². The first-order valence-electron chi connectivity index (χ1n) is 8.16. The third-order valence-electron chi connectivity index (χ3n) is 3.33. The Labute approximate surface area is 142 Å². The van der Waals surface area contributed by atoms with Crippen LogP contribution < -0.4 is 21.7 Å². The molecule has 0 aliphatic rings. The van der Waals surface area contributed by atoms with Crippen LogP contribution in [0.25, 0.3) is 0 Å². The summed E-state index contributed by atoms with van der Waals surface area (Å²) in [4.78, 5) is 34.8. The lowest BCUT2D eigenvalue weighted by molar-refractivity contribution is -0.119. The van der Waals surface area contributed by atoms with Gasteiger partial charge < -0.3 is 21.7 Å². The Morgan fingerprint density at radius 1 is 1.00 bits per heavy atom. The molecule has 24 heavy (non-hydrogen) atoms. The predicted octanol–water partition coefficient (Wildman–Crippen LogP) is 1.01. The lowest BCUT2D eigenvalue weighted by Crippen LogP contribution is -2.29. The quantitative estimate of drug-likeness (QED) is 0.478. The number of unbranched alkanes of at least 4 members (excludes halogenated alkanes) is 2. The highest BCUT2D eigenvalue weighted by atomic mass is 16.2. The number of hydrogen-bond donors (Lipinski definition) is 4. The molecular formula is C17H26N4O3. The van der Waals surface area contributed by atoms with Gasteiger partial charge in [-0.3, -0.25) is 14.4 Å². The van der Waals surface area contributed by atoms with E-state index in [4.69, 9.17) is 5.73 Å². The van der Waals surface area contributed by atoms with E-state index in [-0.39, 0.29) is 17.7 Å². The summed E-state index contributed by atoms with van der Waals surface area (Å²) in [7, 11) is 0. The number of anilines is 1. The van der Waals surface area contributed by atoms with Crippen LogP contribution in [0, 0.1) is 0 Å². The molecule has 0 bridgehead atoms. The number of benzene rings is 1. The summed E-state index contributed by atoms with van der Waals surface area (Å²) >= 11 is 0. The van der Waals surface area contributed by atoms with Gasteiger partial charge in [-0.15, -0.1) is 0 Å². The molecule has 1 rings (SSSR count). The Balaban J connectivity index is 2.41. The second-order valence-corrected chi connectivity index (χ2v) is 5.43. The zero-order valence-electron chi connectivity index (χ0n) is 14.1. The monoisotopic (exact) mass is 334 g/mol. The van der Waals surface area contributed by atoms with E-state index in [2.05, 4.69) is 16.0 Å². The number of nitrogens with two attached hydrogens (primary N) is 1. The molecule has 132 valence electrons. The van der Waals surface area contributed by atoms with E-state index < -0.39 is 0 Å². The molecule has 0 heterocycles. The highest BCUT2D eigenvalue weighted by Crippen LogP contribution is 2.15. The van der Waals surface area contributed by atoms with Gasteiger partial charge in [0.25, 0.3) is 5.91 Å². The van der Waals surface area contributed by atoms with Crippen LogP contribution in [-0.2, 0) is 9.59 Å². The number of carbonyl (C=O) groups is 3. The Hall–Kier alpha value is -2.41. The van der Waals surface area contributed by atoms with Gasteiger partial charge in [0, 0.05) is 33.0 Å². The maximum absolute atomic E-state index is 12.0. The van der Waals surface area contributed by atoms with Crippen LogP contribution in [0.4, 0.5) is 5.69 Å². The van der Waals surface area contributed by atoms with Crippen LogP contribution in [0.15, 0.2) is 24.3 Å². The molecule has 5 N–H and O–H groups in total. The SMILES string of the molecule is CC(=O)NCCCCCC(=O)Nc1ccccc1C(=O)NCCN. The van der Waals surface area contributed by atoms with Crippen LogP contribution in [0.2, 0.25) is 0 Å². The van der Waals surface area contributed by atoms with E-state index in [0.717, 1.165) is 19.3 Å². The van der Waals surface area contributed by atoms with Gasteiger partial charge >= 0.3 is 0 Å². The van der Waals surface area contributed by atoms with Crippen molar-refractivity contribution in [1.29, 1.82) is 0 Å². The van der Waals surface area contributed by atoms with Gasteiger partial charge in [0.05, 0.1) is 11.3 Å². The van der Waals surface area contributed by atoms with Crippen molar-refractivity contribution < 1.29 is 14.4 Å². The van der Waals surface area contributed by atoms with Crippen molar-refractivity contribution in [3.63, 3.8) is 0 Å². The summed E-state index contributed by atoms with van der Waals surface area (Å²) in [5.74, 6) is -0.433. The van der Waals surface area contributed by atoms with Gasteiger partial charge in [0.2, 0.25) is 11.8 Å². The molecule has 0 aliphatic heterocycles.